The summed E-state index contributed by atoms with van der Waals surface area (Å²) in [6, 6.07) is 9.73. The van der Waals surface area contributed by atoms with E-state index in [0.717, 1.165) is 37.1 Å². The summed E-state index contributed by atoms with van der Waals surface area (Å²) in [4.78, 5) is 28.5. The molecule has 0 bridgehead atoms. The Bertz CT molecular complexity index is 1660. The number of aromatic nitrogens is 7. The summed E-state index contributed by atoms with van der Waals surface area (Å²) < 4.78 is 40.2. The Morgan fingerprint density at radius 1 is 1.15 bits per heavy atom. The van der Waals surface area contributed by atoms with Gasteiger partial charge in [0.15, 0.2) is 5.82 Å². The number of amides is 2. The minimum Gasteiger partial charge on any atom is -0.507 e. The highest BCUT2D eigenvalue weighted by molar-refractivity contribution is 5.96. The van der Waals surface area contributed by atoms with Crippen LogP contribution >= 0.6 is 0 Å². The molecule has 2 aromatic carbocycles. The topological polar surface area (TPSA) is 155 Å². The van der Waals surface area contributed by atoms with Crippen LogP contribution in [-0.4, -0.2) is 77.1 Å². The first kappa shape index (κ1) is 32.3. The molecule has 1 saturated heterocycles. The molecule has 2 amide bonds. The first-order valence-electron chi connectivity index (χ1n) is 14.9. The number of carbonyl (C=O) groups excluding carboxylic acids is 2. The number of aromatic amines is 1. The summed E-state index contributed by atoms with van der Waals surface area (Å²) in [5.41, 5.74) is 1.00. The average molecular weight is 638 g/mol. The van der Waals surface area contributed by atoms with Crippen molar-refractivity contribution in [2.75, 3.05) is 19.6 Å². The molecule has 242 valence electrons. The zero-order chi connectivity index (χ0) is 32.7. The molecule has 2 aromatic heterocycles. The van der Waals surface area contributed by atoms with Gasteiger partial charge in [-0.25, -0.2) is 0 Å². The third-order valence-electron chi connectivity index (χ3n) is 8.10. The summed E-state index contributed by atoms with van der Waals surface area (Å²) in [5, 5.41) is 35.4. The maximum atomic E-state index is 13.4. The number of halogens is 3. The highest BCUT2D eigenvalue weighted by Crippen LogP contribution is 2.35. The lowest BCUT2D eigenvalue weighted by Gasteiger charge is -2.35. The van der Waals surface area contributed by atoms with Crippen LogP contribution in [0.5, 0.6) is 5.75 Å². The van der Waals surface area contributed by atoms with Crippen molar-refractivity contribution in [1.29, 1.82) is 0 Å². The number of carbonyl (C=O) groups is 2. The van der Waals surface area contributed by atoms with Crippen LogP contribution in [-0.2, 0) is 17.5 Å². The predicted octanol–water partition coefficient (Wildman–Crippen LogP) is 4.12. The molecule has 1 atom stereocenters. The fourth-order valence-corrected chi connectivity index (χ4v) is 5.71. The number of phenols is 1. The number of piperidine rings is 1. The number of hydrogen-bond donors (Lipinski definition) is 3. The molecule has 0 radical (unpaired) electrons. The van der Waals surface area contributed by atoms with Gasteiger partial charge in [0, 0.05) is 37.8 Å². The van der Waals surface area contributed by atoms with Crippen LogP contribution in [0.4, 0.5) is 13.2 Å². The molecule has 46 heavy (non-hydrogen) atoms. The van der Waals surface area contributed by atoms with Crippen LogP contribution in [0, 0.1) is 12.8 Å². The Kier molecular flexibility index (Phi) is 10.1. The quantitative estimate of drug-likeness (QED) is 0.164. The van der Waals surface area contributed by atoms with Gasteiger partial charge in [-0.3, -0.25) is 14.7 Å². The van der Waals surface area contributed by atoms with E-state index in [1.165, 1.54) is 29.1 Å². The molecule has 12 nitrogen and oxygen atoms in total. The lowest BCUT2D eigenvalue weighted by atomic mass is 9.80. The first-order chi connectivity index (χ1) is 22.1. The molecule has 5 rings (SSSR count). The van der Waals surface area contributed by atoms with E-state index in [1.54, 1.807) is 36.2 Å². The number of aromatic hydroxyl groups is 1. The van der Waals surface area contributed by atoms with Crippen molar-refractivity contribution in [2.24, 2.45) is 5.92 Å². The van der Waals surface area contributed by atoms with Gasteiger partial charge < -0.3 is 15.3 Å². The number of nitrogens with zero attached hydrogens (tertiary/aromatic N) is 7. The Morgan fingerprint density at radius 3 is 2.61 bits per heavy atom. The molecule has 3 heterocycles. The second kappa shape index (κ2) is 14.3. The van der Waals surface area contributed by atoms with Crippen LogP contribution in [0.25, 0.3) is 6.08 Å². The van der Waals surface area contributed by atoms with Gasteiger partial charge in [0.1, 0.15) is 5.75 Å². The minimum atomic E-state index is -4.52. The second-order valence-electron chi connectivity index (χ2n) is 11.2. The highest BCUT2D eigenvalue weighted by atomic mass is 19.4. The van der Waals surface area contributed by atoms with E-state index in [4.69, 9.17) is 0 Å². The third kappa shape index (κ3) is 8.14. The molecule has 1 aliphatic heterocycles. The number of phenolic OH excluding ortho intramolecular Hbond substituents is 1. The normalized spacial score (nSPS) is 14.9. The van der Waals surface area contributed by atoms with Gasteiger partial charge in [0.2, 0.25) is 5.91 Å². The van der Waals surface area contributed by atoms with E-state index in [1.807, 2.05) is 0 Å². The lowest BCUT2D eigenvalue weighted by Crippen LogP contribution is -2.39. The van der Waals surface area contributed by atoms with E-state index in [-0.39, 0.29) is 41.5 Å². The molecule has 0 saturated carbocycles. The van der Waals surface area contributed by atoms with E-state index < -0.39 is 11.7 Å². The zero-order valence-electron chi connectivity index (χ0n) is 25.1. The van der Waals surface area contributed by atoms with Crippen molar-refractivity contribution in [1.82, 2.24) is 45.8 Å². The van der Waals surface area contributed by atoms with E-state index in [2.05, 4.69) is 36.1 Å². The molecule has 0 spiro atoms. The van der Waals surface area contributed by atoms with Crippen LogP contribution in [0.2, 0.25) is 0 Å². The average Bonchev–Trinajstić information content (AvgIpc) is 3.72. The van der Waals surface area contributed by atoms with Crippen molar-refractivity contribution in [3.8, 4) is 5.75 Å². The van der Waals surface area contributed by atoms with Crippen molar-refractivity contribution in [3.05, 3.63) is 88.5 Å². The molecule has 1 fully saturated rings. The number of aryl methyl sites for hydroxylation is 1. The maximum absolute atomic E-state index is 13.4. The number of benzene rings is 2. The molecule has 3 N–H and O–H groups in total. The monoisotopic (exact) mass is 637 g/mol. The summed E-state index contributed by atoms with van der Waals surface area (Å²) in [7, 11) is 0. The van der Waals surface area contributed by atoms with Gasteiger partial charge in [-0.1, -0.05) is 23.4 Å². The SMILES string of the molecule is Cc1nnn(Cc2cc(C(F)(F)F)ccc2/C=C/C(=O)N2CCC(C(CCCNC(=O)c3ccccc3O)c3c[nH]nn3)CC2)n1. The number of nitrogens with one attached hydrogen (secondary N) is 2. The van der Waals surface area contributed by atoms with Gasteiger partial charge >= 0.3 is 6.18 Å². The molecule has 1 aliphatic rings. The van der Waals surface area contributed by atoms with Gasteiger partial charge in [-0.2, -0.15) is 18.0 Å². The molecule has 1 unspecified atom stereocenters. The van der Waals surface area contributed by atoms with E-state index in [0.29, 0.717) is 43.0 Å². The van der Waals surface area contributed by atoms with Gasteiger partial charge in [-0.15, -0.1) is 15.3 Å². The van der Waals surface area contributed by atoms with Crippen LogP contribution in [0.3, 0.4) is 0 Å². The Hall–Kier alpha value is -5.08. The summed E-state index contributed by atoms with van der Waals surface area (Å²) in [6.07, 6.45) is 3.02. The van der Waals surface area contributed by atoms with Crippen LogP contribution < -0.4 is 5.32 Å². The Labute approximate surface area is 262 Å². The first-order valence-corrected chi connectivity index (χ1v) is 14.9. The third-order valence-corrected chi connectivity index (χ3v) is 8.10. The fourth-order valence-electron chi connectivity index (χ4n) is 5.71. The van der Waals surface area contributed by atoms with Crippen molar-refractivity contribution in [3.63, 3.8) is 0 Å². The fraction of sp³-hybridized carbons (Fsp3) is 0.387. The number of hydrogen-bond acceptors (Lipinski definition) is 8. The smallest absolute Gasteiger partial charge is 0.416 e. The van der Waals surface area contributed by atoms with Crippen molar-refractivity contribution >= 4 is 17.9 Å². The minimum absolute atomic E-state index is 0.0359. The predicted molar refractivity (Wildman–Crippen MR) is 160 cm³/mol. The number of rotatable bonds is 11. The van der Waals surface area contributed by atoms with Crippen LogP contribution in [0.15, 0.2) is 54.7 Å². The number of alkyl halides is 3. The lowest BCUT2D eigenvalue weighted by molar-refractivity contribution is -0.137. The number of tetrazole rings is 1. The second-order valence-corrected chi connectivity index (χ2v) is 11.2. The van der Waals surface area contributed by atoms with E-state index >= 15 is 0 Å². The van der Waals surface area contributed by atoms with Gasteiger partial charge in [-0.05, 0) is 85.2 Å². The van der Waals surface area contributed by atoms with E-state index in [9.17, 15) is 27.9 Å². The maximum Gasteiger partial charge on any atom is 0.416 e. The summed E-state index contributed by atoms with van der Waals surface area (Å²) in [5.74, 6) is 0.0397. The summed E-state index contributed by atoms with van der Waals surface area (Å²) in [6.45, 7) is 3.03. The molecular weight excluding hydrogens is 603 g/mol. The van der Waals surface area contributed by atoms with Crippen molar-refractivity contribution < 1.29 is 27.9 Å². The van der Waals surface area contributed by atoms with Gasteiger partial charge in [0.05, 0.1) is 23.4 Å². The highest BCUT2D eigenvalue weighted by Gasteiger charge is 2.32. The molecule has 4 aromatic rings. The van der Waals surface area contributed by atoms with Crippen molar-refractivity contribution in [2.45, 2.75) is 51.2 Å². The molecule has 15 heteroatoms. The number of para-hydroxylation sites is 1. The standard InChI is InChI=1S/C31H34F3N9O3/c1-20-37-41-43(39-20)19-23-17-24(31(32,33)34)10-8-21(23)9-11-29(45)42-15-12-22(13-16-42)25(27-18-36-40-38-27)6-4-14-35-30(46)26-5-2-3-7-28(26)44/h2-3,5,7-11,17-18,22,25,44H,4,6,12-16,19H2,1H3,(H,35,46)(H,36,38,40)/b11-9+. The zero-order valence-corrected chi connectivity index (χ0v) is 25.1. The number of likely N-dealkylation sites (tertiary alicyclic amines) is 1. The summed E-state index contributed by atoms with van der Waals surface area (Å²) >= 11 is 0. The molecule has 0 aliphatic carbocycles. The van der Waals surface area contributed by atoms with Gasteiger partial charge in [0.25, 0.3) is 5.91 Å². The molecular formula is C31H34F3N9O3. The Balaban J connectivity index is 1.18. The van der Waals surface area contributed by atoms with Crippen LogP contribution in [0.1, 0.15) is 70.2 Å². The Morgan fingerprint density at radius 2 is 1.93 bits per heavy atom. The number of H-pyrrole nitrogens is 1. The largest absolute Gasteiger partial charge is 0.507 e.